The third-order valence-corrected chi connectivity index (χ3v) is 1.84. The Morgan fingerprint density at radius 3 is 2.80 bits per heavy atom. The lowest BCUT2D eigenvalue weighted by atomic mass is 10.5. The van der Waals surface area contributed by atoms with Gasteiger partial charge in [-0.15, -0.1) is 11.3 Å². The van der Waals surface area contributed by atoms with Gasteiger partial charge in [-0.05, 0) is 0 Å². The molecule has 0 N–H and O–H groups in total. The first-order valence-electron chi connectivity index (χ1n) is 2.43. The summed E-state index contributed by atoms with van der Waals surface area (Å²) in [5, 5.41) is 0.264. The van der Waals surface area contributed by atoms with E-state index in [1.165, 1.54) is 6.20 Å². The summed E-state index contributed by atoms with van der Waals surface area (Å²) >= 11 is 6.47. The largest absolute Gasteiger partial charge is 0.248 e. The summed E-state index contributed by atoms with van der Waals surface area (Å²) in [5.41, 5.74) is 0. The van der Waals surface area contributed by atoms with Crippen LogP contribution in [0.25, 0.3) is 0 Å². The van der Waals surface area contributed by atoms with Gasteiger partial charge in [0.05, 0.1) is 12.6 Å². The zero-order valence-corrected chi connectivity index (χ0v) is 6.29. The van der Waals surface area contributed by atoms with Gasteiger partial charge >= 0.3 is 0 Å². The molecule has 0 unspecified atom stereocenters. The average molecular weight is 183 g/mol. The van der Waals surface area contributed by atoms with Gasteiger partial charge in [0.15, 0.2) is 0 Å². The molecule has 0 atom stereocenters. The number of hydrogen-bond donors (Lipinski definition) is 0. The highest BCUT2D eigenvalue weighted by molar-refractivity contribution is 7.16. The molecule has 0 amide bonds. The second kappa shape index (κ2) is 3.25. The van der Waals surface area contributed by atoms with Gasteiger partial charge in [0, 0.05) is 0 Å². The first kappa shape index (κ1) is 7.88. The Morgan fingerprint density at radius 1 is 1.70 bits per heavy atom. The maximum absolute atomic E-state index is 11.6. The molecule has 0 bridgehead atoms. The molecule has 0 fully saturated rings. The monoisotopic (exact) mass is 182 g/mol. The van der Waals surface area contributed by atoms with Crippen LogP contribution >= 0.6 is 22.9 Å². The Balaban J connectivity index is 2.58. The molecule has 55 valence electrons. The fourth-order valence-corrected chi connectivity index (χ4v) is 1.32. The highest BCUT2D eigenvalue weighted by atomic mass is 35.5. The van der Waals surface area contributed by atoms with Crippen LogP contribution in [0.15, 0.2) is 6.20 Å². The molecule has 1 nitrogen and oxygen atoms in total. The molecule has 1 aromatic rings. The molecule has 0 saturated carbocycles. The number of thiazole rings is 1. The first-order valence-corrected chi connectivity index (χ1v) is 3.62. The second-order valence-corrected chi connectivity index (χ2v) is 3.20. The minimum Gasteiger partial charge on any atom is -0.248 e. The molecule has 1 rings (SSSR count). The smallest absolute Gasteiger partial charge is 0.248 e. The van der Waals surface area contributed by atoms with Crippen molar-refractivity contribution in [1.29, 1.82) is 0 Å². The van der Waals surface area contributed by atoms with Crippen LogP contribution in [0.1, 0.15) is 5.01 Å². The zero-order chi connectivity index (χ0) is 7.56. The van der Waals surface area contributed by atoms with Crippen molar-refractivity contribution < 1.29 is 8.78 Å². The molecular weight excluding hydrogens is 180 g/mol. The number of aromatic nitrogens is 1. The molecule has 10 heavy (non-hydrogen) atoms. The predicted octanol–water partition coefficient (Wildman–Crippen LogP) is 2.61. The minimum atomic E-state index is -2.46. The van der Waals surface area contributed by atoms with E-state index in [0.717, 1.165) is 17.8 Å². The summed E-state index contributed by atoms with van der Waals surface area (Å²) in [6.45, 7) is 0. The summed E-state index contributed by atoms with van der Waals surface area (Å²) in [6, 6.07) is 0. The van der Waals surface area contributed by atoms with Crippen LogP contribution in [0, 0.1) is 6.42 Å². The molecule has 0 spiro atoms. The number of halogens is 3. The third-order valence-electron chi connectivity index (χ3n) is 0.764. The molecular formula is C5H3ClF2NS. The topological polar surface area (TPSA) is 12.9 Å². The van der Waals surface area contributed by atoms with Crippen molar-refractivity contribution in [3.8, 4) is 0 Å². The zero-order valence-electron chi connectivity index (χ0n) is 4.72. The summed E-state index contributed by atoms with van der Waals surface area (Å²) in [7, 11) is 0. The van der Waals surface area contributed by atoms with Gasteiger partial charge < -0.3 is 0 Å². The van der Waals surface area contributed by atoms with E-state index in [-0.39, 0.29) is 5.01 Å². The van der Waals surface area contributed by atoms with Gasteiger partial charge in [-0.3, -0.25) is 0 Å². The van der Waals surface area contributed by atoms with Crippen molar-refractivity contribution in [3.63, 3.8) is 0 Å². The van der Waals surface area contributed by atoms with Crippen LogP contribution in [-0.2, 0) is 0 Å². The van der Waals surface area contributed by atoms with Gasteiger partial charge in [-0.2, -0.15) is 0 Å². The summed E-state index contributed by atoms with van der Waals surface area (Å²) in [6.07, 6.45) is -0.348. The molecule has 0 saturated heterocycles. The van der Waals surface area contributed by atoms with Gasteiger partial charge in [0.1, 0.15) is 9.34 Å². The van der Waals surface area contributed by atoms with Gasteiger partial charge in [0.25, 0.3) is 0 Å². The van der Waals surface area contributed by atoms with Gasteiger partial charge in [-0.1, -0.05) is 11.6 Å². The van der Waals surface area contributed by atoms with Crippen molar-refractivity contribution in [2.24, 2.45) is 0 Å². The van der Waals surface area contributed by atoms with Crippen LogP contribution in [0.3, 0.4) is 0 Å². The standard InChI is InChI=1S/C5H3ClF2NS/c6-3-2-9-5(10-3)1-4(7)8/h1-2,4H. The number of alkyl halides is 2. The van der Waals surface area contributed by atoms with E-state index in [4.69, 9.17) is 11.6 Å². The van der Waals surface area contributed by atoms with E-state index in [0.29, 0.717) is 4.34 Å². The Hall–Kier alpha value is -0.220. The Bertz CT molecular complexity index is 213. The number of rotatable bonds is 2. The van der Waals surface area contributed by atoms with Crippen LogP contribution in [0.4, 0.5) is 8.78 Å². The van der Waals surface area contributed by atoms with E-state index >= 15 is 0 Å². The molecule has 1 aromatic heterocycles. The second-order valence-electron chi connectivity index (χ2n) is 1.50. The van der Waals surface area contributed by atoms with Crippen LogP contribution in [0.2, 0.25) is 4.34 Å². The van der Waals surface area contributed by atoms with Crippen LogP contribution in [0.5, 0.6) is 0 Å². The van der Waals surface area contributed by atoms with Crippen molar-refractivity contribution >= 4 is 22.9 Å². The lowest BCUT2D eigenvalue weighted by molar-refractivity contribution is 0.189. The molecule has 0 aliphatic heterocycles. The summed E-state index contributed by atoms with van der Waals surface area (Å²) in [5.74, 6) is 0. The molecule has 1 heterocycles. The molecule has 0 aliphatic carbocycles. The highest BCUT2D eigenvalue weighted by Crippen LogP contribution is 2.21. The molecule has 1 radical (unpaired) electrons. The Kier molecular flexibility index (Phi) is 2.56. The maximum Gasteiger partial charge on any atom is 0.248 e. The van der Waals surface area contributed by atoms with E-state index in [9.17, 15) is 8.78 Å². The van der Waals surface area contributed by atoms with Crippen LogP contribution in [-0.4, -0.2) is 11.4 Å². The average Bonchev–Trinajstić information content (AvgIpc) is 2.13. The van der Waals surface area contributed by atoms with Gasteiger partial charge in [-0.25, -0.2) is 13.8 Å². The molecule has 0 aromatic carbocycles. The molecule has 0 aliphatic rings. The lowest BCUT2D eigenvalue weighted by Crippen LogP contribution is -1.91. The van der Waals surface area contributed by atoms with Crippen LogP contribution < -0.4 is 0 Å². The third kappa shape index (κ3) is 2.19. The van der Waals surface area contributed by atoms with Gasteiger partial charge in [0.2, 0.25) is 6.43 Å². The fourth-order valence-electron chi connectivity index (χ4n) is 0.452. The van der Waals surface area contributed by atoms with Crippen molar-refractivity contribution in [1.82, 2.24) is 4.98 Å². The van der Waals surface area contributed by atoms with E-state index in [1.54, 1.807) is 0 Å². The van der Waals surface area contributed by atoms with Crippen molar-refractivity contribution in [2.75, 3.05) is 0 Å². The minimum absolute atomic E-state index is 0.264. The summed E-state index contributed by atoms with van der Waals surface area (Å²) in [4.78, 5) is 3.61. The number of nitrogens with zero attached hydrogens (tertiary/aromatic N) is 1. The maximum atomic E-state index is 11.6. The Morgan fingerprint density at radius 2 is 2.40 bits per heavy atom. The normalized spacial score (nSPS) is 10.8. The highest BCUT2D eigenvalue weighted by Gasteiger charge is 2.08. The van der Waals surface area contributed by atoms with Crippen molar-refractivity contribution in [3.05, 3.63) is 22.0 Å². The quantitative estimate of drug-likeness (QED) is 0.685. The number of hydrogen-bond acceptors (Lipinski definition) is 2. The first-order chi connectivity index (χ1) is 4.68. The van der Waals surface area contributed by atoms with E-state index in [1.807, 2.05) is 0 Å². The van der Waals surface area contributed by atoms with E-state index < -0.39 is 6.43 Å². The molecule has 5 heteroatoms. The fraction of sp³-hybridized carbons (Fsp3) is 0.200. The lowest BCUT2D eigenvalue weighted by Gasteiger charge is -1.89. The Labute approximate surface area is 65.7 Å². The SMILES string of the molecule is FC(F)[CH]c1ncc(Cl)s1. The predicted molar refractivity (Wildman–Crippen MR) is 36.5 cm³/mol. The summed E-state index contributed by atoms with van der Waals surface area (Å²) < 4.78 is 23.6. The van der Waals surface area contributed by atoms with E-state index in [2.05, 4.69) is 4.98 Å². The van der Waals surface area contributed by atoms with Crippen molar-refractivity contribution in [2.45, 2.75) is 6.43 Å².